The zero-order valence-electron chi connectivity index (χ0n) is 15.2. The minimum atomic E-state index is -0.486. The third kappa shape index (κ3) is 4.99. The molecular formula is C20H19ClN2O4. The van der Waals surface area contributed by atoms with Gasteiger partial charge in [0.05, 0.1) is 34.8 Å². The van der Waals surface area contributed by atoms with Gasteiger partial charge in [0.1, 0.15) is 0 Å². The monoisotopic (exact) mass is 386 g/mol. The third-order valence-electron chi connectivity index (χ3n) is 3.97. The lowest BCUT2D eigenvalue weighted by Gasteiger charge is -2.17. The number of non-ortho nitro benzene ring substituents is 1. The van der Waals surface area contributed by atoms with Crippen molar-refractivity contribution in [3.8, 4) is 17.6 Å². The van der Waals surface area contributed by atoms with Gasteiger partial charge in [0.25, 0.3) is 5.69 Å². The second-order valence-corrected chi connectivity index (χ2v) is 6.25. The molecule has 0 bridgehead atoms. The molecule has 0 spiro atoms. The van der Waals surface area contributed by atoms with Crippen molar-refractivity contribution in [1.82, 2.24) is 0 Å². The number of benzene rings is 2. The SMILES string of the molecule is CC[C@H](C)Oc1c(Cl)cc(/C=C(\C#N)c2ccc([N+](=O)[O-])cc2)cc1OC. The Bertz CT molecular complexity index is 901. The Balaban J connectivity index is 2.42. The number of nitriles is 1. The molecule has 2 rings (SSSR count). The number of nitrogens with zero attached hydrogens (tertiary/aromatic N) is 2. The zero-order valence-corrected chi connectivity index (χ0v) is 16.0. The molecule has 0 radical (unpaired) electrons. The van der Waals surface area contributed by atoms with Gasteiger partial charge in [0, 0.05) is 12.1 Å². The molecule has 1 atom stereocenters. The van der Waals surface area contributed by atoms with Crippen LogP contribution in [0.5, 0.6) is 11.5 Å². The van der Waals surface area contributed by atoms with Gasteiger partial charge in [0.15, 0.2) is 11.5 Å². The Morgan fingerprint density at radius 2 is 2.04 bits per heavy atom. The average Bonchev–Trinajstić information content (AvgIpc) is 2.67. The fraction of sp³-hybridized carbons (Fsp3) is 0.250. The molecule has 0 heterocycles. The van der Waals surface area contributed by atoms with Gasteiger partial charge in [-0.05, 0) is 54.8 Å². The van der Waals surface area contributed by atoms with Crippen LogP contribution < -0.4 is 9.47 Å². The first-order chi connectivity index (χ1) is 12.9. The van der Waals surface area contributed by atoms with E-state index in [2.05, 4.69) is 6.07 Å². The lowest BCUT2D eigenvalue weighted by atomic mass is 10.0. The summed E-state index contributed by atoms with van der Waals surface area (Å²) in [6, 6.07) is 11.3. The van der Waals surface area contributed by atoms with E-state index >= 15 is 0 Å². The molecule has 0 aliphatic heterocycles. The van der Waals surface area contributed by atoms with Gasteiger partial charge < -0.3 is 9.47 Å². The van der Waals surface area contributed by atoms with Crippen LogP contribution in [0.2, 0.25) is 5.02 Å². The summed E-state index contributed by atoms with van der Waals surface area (Å²) in [5.74, 6) is 0.926. The van der Waals surface area contributed by atoms with Gasteiger partial charge in [-0.25, -0.2) is 0 Å². The molecule has 0 saturated heterocycles. The molecule has 0 aliphatic carbocycles. The van der Waals surface area contributed by atoms with Crippen LogP contribution in [-0.2, 0) is 0 Å². The highest BCUT2D eigenvalue weighted by atomic mass is 35.5. The molecule has 0 fully saturated rings. The predicted octanol–water partition coefficient (Wildman–Crippen LogP) is 5.50. The standard InChI is InChI=1S/C20H19ClN2O4/c1-4-13(2)27-20-18(21)10-14(11-19(20)26-3)9-16(12-22)15-5-7-17(8-6-15)23(24)25/h5-11,13H,4H2,1-3H3/b16-9+/t13-/m0/s1. The Kier molecular flexibility index (Phi) is 6.80. The van der Waals surface area contributed by atoms with E-state index in [1.807, 2.05) is 13.8 Å². The van der Waals surface area contributed by atoms with Crippen molar-refractivity contribution in [3.63, 3.8) is 0 Å². The van der Waals surface area contributed by atoms with Gasteiger partial charge in [-0.2, -0.15) is 5.26 Å². The van der Waals surface area contributed by atoms with Crippen LogP contribution in [0.1, 0.15) is 31.4 Å². The van der Waals surface area contributed by atoms with Crippen LogP contribution in [0, 0.1) is 21.4 Å². The number of hydrogen-bond acceptors (Lipinski definition) is 5. The van der Waals surface area contributed by atoms with E-state index in [0.717, 1.165) is 6.42 Å². The molecule has 0 aliphatic rings. The highest BCUT2D eigenvalue weighted by Crippen LogP contribution is 2.38. The number of halogens is 1. The summed E-state index contributed by atoms with van der Waals surface area (Å²) >= 11 is 6.35. The number of methoxy groups -OCH3 is 1. The maximum Gasteiger partial charge on any atom is 0.269 e. The Morgan fingerprint density at radius 3 is 2.56 bits per heavy atom. The maximum absolute atomic E-state index is 10.8. The first kappa shape index (κ1) is 20.3. The van der Waals surface area contributed by atoms with Crippen molar-refractivity contribution in [2.45, 2.75) is 26.4 Å². The maximum atomic E-state index is 10.8. The number of ether oxygens (including phenoxy) is 2. The molecule has 2 aromatic rings. The van der Waals surface area contributed by atoms with Crippen molar-refractivity contribution in [2.75, 3.05) is 7.11 Å². The molecule has 0 saturated carbocycles. The van der Waals surface area contributed by atoms with Gasteiger partial charge in [-0.1, -0.05) is 18.5 Å². The Labute approximate surface area is 162 Å². The second-order valence-electron chi connectivity index (χ2n) is 5.84. The molecule has 27 heavy (non-hydrogen) atoms. The van der Waals surface area contributed by atoms with Crippen molar-refractivity contribution in [3.05, 3.63) is 62.7 Å². The molecule has 0 unspecified atom stereocenters. The van der Waals surface area contributed by atoms with E-state index < -0.39 is 4.92 Å². The minimum absolute atomic E-state index is 0.0208. The van der Waals surface area contributed by atoms with Crippen molar-refractivity contribution in [2.24, 2.45) is 0 Å². The first-order valence-electron chi connectivity index (χ1n) is 8.30. The summed E-state index contributed by atoms with van der Waals surface area (Å²) < 4.78 is 11.2. The molecule has 0 N–H and O–H groups in total. The van der Waals surface area contributed by atoms with Gasteiger partial charge in [-0.3, -0.25) is 10.1 Å². The summed E-state index contributed by atoms with van der Waals surface area (Å²) in [6.45, 7) is 3.94. The summed E-state index contributed by atoms with van der Waals surface area (Å²) in [4.78, 5) is 10.3. The molecule has 7 heteroatoms. The lowest BCUT2D eigenvalue weighted by Crippen LogP contribution is -2.11. The van der Waals surface area contributed by atoms with Crippen molar-refractivity contribution >= 4 is 28.9 Å². The van der Waals surface area contributed by atoms with E-state index in [9.17, 15) is 15.4 Å². The van der Waals surface area contributed by atoms with Crippen LogP contribution in [-0.4, -0.2) is 18.1 Å². The highest BCUT2D eigenvalue weighted by molar-refractivity contribution is 6.32. The summed E-state index contributed by atoms with van der Waals surface area (Å²) in [5, 5.41) is 20.6. The summed E-state index contributed by atoms with van der Waals surface area (Å²) in [6.07, 6.45) is 2.44. The molecule has 0 aromatic heterocycles. The molecule has 140 valence electrons. The molecular weight excluding hydrogens is 368 g/mol. The van der Waals surface area contributed by atoms with Gasteiger partial charge >= 0.3 is 0 Å². The van der Waals surface area contributed by atoms with Crippen molar-refractivity contribution in [1.29, 1.82) is 5.26 Å². The fourth-order valence-corrected chi connectivity index (χ4v) is 2.60. The summed E-state index contributed by atoms with van der Waals surface area (Å²) in [5.41, 5.74) is 1.53. The van der Waals surface area contributed by atoms with E-state index in [0.29, 0.717) is 33.2 Å². The van der Waals surface area contributed by atoms with E-state index in [1.54, 1.807) is 18.2 Å². The zero-order chi connectivity index (χ0) is 20.0. The van der Waals surface area contributed by atoms with Gasteiger partial charge in [0.2, 0.25) is 0 Å². The number of rotatable bonds is 7. The fourth-order valence-electron chi connectivity index (χ4n) is 2.33. The second kappa shape index (κ2) is 9.06. The smallest absolute Gasteiger partial charge is 0.269 e. The van der Waals surface area contributed by atoms with E-state index in [4.69, 9.17) is 21.1 Å². The minimum Gasteiger partial charge on any atom is -0.493 e. The average molecular weight is 387 g/mol. The van der Waals surface area contributed by atoms with Crippen molar-refractivity contribution < 1.29 is 14.4 Å². The highest BCUT2D eigenvalue weighted by Gasteiger charge is 2.15. The predicted molar refractivity (Wildman–Crippen MR) is 105 cm³/mol. The molecule has 0 amide bonds. The Morgan fingerprint density at radius 1 is 1.37 bits per heavy atom. The lowest BCUT2D eigenvalue weighted by molar-refractivity contribution is -0.384. The molecule has 6 nitrogen and oxygen atoms in total. The molecule has 2 aromatic carbocycles. The van der Waals surface area contributed by atoms with Crippen LogP contribution >= 0.6 is 11.6 Å². The first-order valence-corrected chi connectivity index (χ1v) is 8.68. The van der Waals surface area contributed by atoms with Crippen LogP contribution in [0.15, 0.2) is 36.4 Å². The number of nitro groups is 1. The summed E-state index contributed by atoms with van der Waals surface area (Å²) in [7, 11) is 1.52. The number of allylic oxidation sites excluding steroid dienone is 1. The topological polar surface area (TPSA) is 85.4 Å². The van der Waals surface area contributed by atoms with Crippen LogP contribution in [0.3, 0.4) is 0 Å². The van der Waals surface area contributed by atoms with E-state index in [1.165, 1.54) is 31.4 Å². The van der Waals surface area contributed by atoms with Gasteiger partial charge in [-0.15, -0.1) is 0 Å². The number of nitro benzene ring substituents is 1. The van der Waals surface area contributed by atoms with Crippen LogP contribution in [0.4, 0.5) is 5.69 Å². The third-order valence-corrected chi connectivity index (χ3v) is 4.25. The quantitative estimate of drug-likeness (QED) is 0.271. The van der Waals surface area contributed by atoms with E-state index in [-0.39, 0.29) is 11.8 Å². The Hall–Kier alpha value is -3.04. The normalized spacial score (nSPS) is 12.2. The largest absolute Gasteiger partial charge is 0.493 e. The number of hydrogen-bond donors (Lipinski definition) is 0. The van der Waals surface area contributed by atoms with Crippen LogP contribution in [0.25, 0.3) is 11.6 Å².